The summed E-state index contributed by atoms with van der Waals surface area (Å²) in [6.45, 7) is 5.31. The van der Waals surface area contributed by atoms with E-state index in [9.17, 15) is 9.59 Å². The molecule has 0 saturated carbocycles. The maximum absolute atomic E-state index is 12.3. The van der Waals surface area contributed by atoms with Gasteiger partial charge in [-0.3, -0.25) is 14.5 Å². The number of aromatic nitrogens is 2. The van der Waals surface area contributed by atoms with Gasteiger partial charge in [0.2, 0.25) is 5.91 Å². The van der Waals surface area contributed by atoms with Crippen LogP contribution in [0.1, 0.15) is 25.1 Å². The number of amides is 1. The molecule has 9 heteroatoms. The molecule has 1 aliphatic heterocycles. The van der Waals surface area contributed by atoms with Gasteiger partial charge in [-0.1, -0.05) is 12.1 Å². The molecule has 2 aromatic rings. The standard InChI is InChI=1S/C23H34N6O3/c1-27(2)12-6-11-24-23-18-7-4-5-8-19(18)25-20(26-23)17-28-13-15-29(16-14-28)21(30)9-10-22(31)32-3/h4-5,7-8H,6,9-17H2,1-3H3,(H,24,25,26). The maximum atomic E-state index is 12.3. The molecule has 1 N–H and O–H groups in total. The Kier molecular flexibility index (Phi) is 8.75. The molecule has 1 saturated heterocycles. The fourth-order valence-electron chi connectivity index (χ4n) is 3.76. The Morgan fingerprint density at radius 3 is 2.56 bits per heavy atom. The molecule has 32 heavy (non-hydrogen) atoms. The molecule has 174 valence electrons. The highest BCUT2D eigenvalue weighted by atomic mass is 16.5. The van der Waals surface area contributed by atoms with Crippen LogP contribution in [-0.2, 0) is 20.9 Å². The number of ether oxygens (including phenoxy) is 1. The maximum Gasteiger partial charge on any atom is 0.306 e. The van der Waals surface area contributed by atoms with E-state index in [-0.39, 0.29) is 24.7 Å². The van der Waals surface area contributed by atoms with Gasteiger partial charge < -0.3 is 19.9 Å². The van der Waals surface area contributed by atoms with E-state index in [1.54, 1.807) is 0 Å². The molecule has 1 amide bonds. The second-order valence-corrected chi connectivity index (χ2v) is 8.32. The molecular formula is C23H34N6O3. The smallest absolute Gasteiger partial charge is 0.306 e. The molecule has 0 unspecified atom stereocenters. The zero-order chi connectivity index (χ0) is 22.9. The number of hydrogen-bond acceptors (Lipinski definition) is 8. The number of carbonyl (C=O) groups excluding carboxylic acids is 2. The van der Waals surface area contributed by atoms with Crippen LogP contribution in [0.25, 0.3) is 10.9 Å². The largest absolute Gasteiger partial charge is 0.469 e. The van der Waals surface area contributed by atoms with Gasteiger partial charge in [0.05, 0.1) is 25.6 Å². The number of para-hydroxylation sites is 1. The van der Waals surface area contributed by atoms with E-state index in [1.807, 2.05) is 29.2 Å². The highest BCUT2D eigenvalue weighted by Crippen LogP contribution is 2.21. The molecule has 1 aromatic heterocycles. The van der Waals surface area contributed by atoms with Crippen LogP contribution in [0.2, 0.25) is 0 Å². The Balaban J connectivity index is 1.58. The minimum atomic E-state index is -0.350. The topological polar surface area (TPSA) is 90.9 Å². The number of anilines is 1. The second kappa shape index (κ2) is 11.7. The van der Waals surface area contributed by atoms with Crippen LogP contribution in [0.4, 0.5) is 5.82 Å². The van der Waals surface area contributed by atoms with Crippen molar-refractivity contribution in [3.05, 3.63) is 30.1 Å². The van der Waals surface area contributed by atoms with Crippen LogP contribution in [0.5, 0.6) is 0 Å². The lowest BCUT2D eigenvalue weighted by Crippen LogP contribution is -2.48. The summed E-state index contributed by atoms with van der Waals surface area (Å²) in [5.41, 5.74) is 0.934. The van der Waals surface area contributed by atoms with Crippen molar-refractivity contribution in [2.75, 3.05) is 65.8 Å². The van der Waals surface area contributed by atoms with E-state index in [4.69, 9.17) is 9.97 Å². The summed E-state index contributed by atoms with van der Waals surface area (Å²) in [6.07, 6.45) is 1.36. The predicted octanol–water partition coefficient (Wildman–Crippen LogP) is 1.59. The summed E-state index contributed by atoms with van der Waals surface area (Å²) in [4.78, 5) is 39.4. The third-order valence-electron chi connectivity index (χ3n) is 5.58. The fourth-order valence-corrected chi connectivity index (χ4v) is 3.76. The molecule has 1 aliphatic rings. The monoisotopic (exact) mass is 442 g/mol. The minimum Gasteiger partial charge on any atom is -0.469 e. The highest BCUT2D eigenvalue weighted by Gasteiger charge is 2.22. The van der Waals surface area contributed by atoms with E-state index in [0.717, 1.165) is 55.1 Å². The van der Waals surface area contributed by atoms with Crippen molar-refractivity contribution in [3.8, 4) is 0 Å². The quantitative estimate of drug-likeness (QED) is 0.438. The van der Waals surface area contributed by atoms with E-state index in [1.165, 1.54) is 7.11 Å². The molecule has 0 radical (unpaired) electrons. The van der Waals surface area contributed by atoms with Crippen LogP contribution < -0.4 is 5.32 Å². The molecule has 1 aromatic carbocycles. The molecule has 1 fully saturated rings. The average Bonchev–Trinajstić information content (AvgIpc) is 2.80. The fraction of sp³-hybridized carbons (Fsp3) is 0.565. The number of nitrogens with zero attached hydrogens (tertiary/aromatic N) is 5. The van der Waals surface area contributed by atoms with E-state index < -0.39 is 0 Å². The van der Waals surface area contributed by atoms with Gasteiger partial charge in [-0.15, -0.1) is 0 Å². The normalized spacial score (nSPS) is 14.7. The summed E-state index contributed by atoms with van der Waals surface area (Å²) < 4.78 is 4.61. The van der Waals surface area contributed by atoms with Crippen molar-refractivity contribution in [2.45, 2.75) is 25.8 Å². The third kappa shape index (κ3) is 6.86. The molecule has 0 spiro atoms. The van der Waals surface area contributed by atoms with Crippen molar-refractivity contribution in [2.24, 2.45) is 0 Å². The Morgan fingerprint density at radius 2 is 1.84 bits per heavy atom. The number of nitrogens with one attached hydrogen (secondary N) is 1. The predicted molar refractivity (Wildman–Crippen MR) is 124 cm³/mol. The third-order valence-corrected chi connectivity index (χ3v) is 5.58. The molecule has 0 aliphatic carbocycles. The number of fused-ring (bicyclic) bond motifs is 1. The van der Waals surface area contributed by atoms with Gasteiger partial charge >= 0.3 is 5.97 Å². The minimum absolute atomic E-state index is 0.00113. The van der Waals surface area contributed by atoms with Crippen LogP contribution >= 0.6 is 0 Å². The van der Waals surface area contributed by atoms with Crippen molar-refractivity contribution in [3.63, 3.8) is 0 Å². The van der Waals surface area contributed by atoms with Crippen molar-refractivity contribution in [1.82, 2.24) is 24.7 Å². The van der Waals surface area contributed by atoms with Gasteiger partial charge in [-0.05, 0) is 39.2 Å². The van der Waals surface area contributed by atoms with Gasteiger partial charge in [-0.2, -0.15) is 0 Å². The Labute approximate surface area is 189 Å². The first-order valence-electron chi connectivity index (χ1n) is 11.2. The van der Waals surface area contributed by atoms with Crippen molar-refractivity contribution in [1.29, 1.82) is 0 Å². The number of carbonyl (C=O) groups is 2. The lowest BCUT2D eigenvalue weighted by atomic mass is 10.2. The number of hydrogen-bond donors (Lipinski definition) is 1. The summed E-state index contributed by atoms with van der Waals surface area (Å²) in [5, 5.41) is 4.51. The van der Waals surface area contributed by atoms with Gasteiger partial charge in [0, 0.05) is 44.5 Å². The van der Waals surface area contributed by atoms with Gasteiger partial charge in [0.15, 0.2) is 0 Å². The van der Waals surface area contributed by atoms with Crippen molar-refractivity contribution < 1.29 is 14.3 Å². The van der Waals surface area contributed by atoms with Gasteiger partial charge in [-0.25, -0.2) is 9.97 Å². The summed E-state index contributed by atoms with van der Waals surface area (Å²) >= 11 is 0. The highest BCUT2D eigenvalue weighted by molar-refractivity contribution is 5.89. The Bertz CT molecular complexity index is 912. The molecule has 9 nitrogen and oxygen atoms in total. The Morgan fingerprint density at radius 1 is 1.09 bits per heavy atom. The first-order chi connectivity index (χ1) is 15.5. The summed E-state index contributed by atoms with van der Waals surface area (Å²) in [6, 6.07) is 8.07. The molecular weight excluding hydrogens is 408 g/mol. The molecule has 2 heterocycles. The van der Waals surface area contributed by atoms with Gasteiger partial charge in [0.1, 0.15) is 11.6 Å². The van der Waals surface area contributed by atoms with Crippen LogP contribution in [0, 0.1) is 0 Å². The average molecular weight is 443 g/mol. The number of piperazine rings is 1. The lowest BCUT2D eigenvalue weighted by Gasteiger charge is -2.34. The van der Waals surface area contributed by atoms with Crippen LogP contribution in [-0.4, -0.2) is 97.0 Å². The number of methoxy groups -OCH3 is 1. The molecule has 0 atom stereocenters. The van der Waals surface area contributed by atoms with Crippen molar-refractivity contribution >= 4 is 28.6 Å². The second-order valence-electron chi connectivity index (χ2n) is 8.32. The zero-order valence-electron chi connectivity index (χ0n) is 19.3. The van der Waals surface area contributed by atoms with Crippen LogP contribution in [0.15, 0.2) is 24.3 Å². The lowest BCUT2D eigenvalue weighted by molar-refractivity contribution is -0.144. The molecule has 3 rings (SSSR count). The van der Waals surface area contributed by atoms with E-state index in [2.05, 4.69) is 33.9 Å². The first kappa shape index (κ1) is 23.9. The zero-order valence-corrected chi connectivity index (χ0v) is 19.3. The SMILES string of the molecule is COC(=O)CCC(=O)N1CCN(Cc2nc(NCCCN(C)C)c3ccccc3n2)CC1. The van der Waals surface area contributed by atoms with E-state index >= 15 is 0 Å². The van der Waals surface area contributed by atoms with E-state index in [0.29, 0.717) is 19.6 Å². The summed E-state index contributed by atoms with van der Waals surface area (Å²) in [5.74, 6) is 1.31. The number of benzene rings is 1. The summed E-state index contributed by atoms with van der Waals surface area (Å²) in [7, 11) is 5.49. The number of esters is 1. The van der Waals surface area contributed by atoms with Gasteiger partial charge in [0.25, 0.3) is 0 Å². The Hall–Kier alpha value is -2.78. The van der Waals surface area contributed by atoms with Crippen LogP contribution in [0.3, 0.4) is 0 Å². The number of rotatable bonds is 10. The molecule has 0 bridgehead atoms. The first-order valence-corrected chi connectivity index (χ1v) is 11.2.